The number of hydrogen-bond acceptors (Lipinski definition) is 5. The maximum atomic E-state index is 13.3. The largest absolute Gasteiger partial charge is 0.435 e. The lowest BCUT2D eigenvalue weighted by Gasteiger charge is -2.04. The van der Waals surface area contributed by atoms with Crippen molar-refractivity contribution in [2.75, 3.05) is 0 Å². The average Bonchev–Trinajstić information content (AvgIpc) is 3.46. The molecule has 11 heteroatoms. The van der Waals surface area contributed by atoms with E-state index < -0.39 is 17.8 Å². The Labute approximate surface area is 195 Å². The number of benzene rings is 2. The van der Waals surface area contributed by atoms with E-state index in [1.54, 1.807) is 61.5 Å². The monoisotopic (exact) mass is 489 g/mol. The van der Waals surface area contributed by atoms with E-state index in [4.69, 9.17) is 11.6 Å². The van der Waals surface area contributed by atoms with Crippen LogP contribution in [0.5, 0.6) is 0 Å². The quantitative estimate of drug-likeness (QED) is 0.283. The van der Waals surface area contributed by atoms with Gasteiger partial charge in [-0.3, -0.25) is 4.79 Å². The van der Waals surface area contributed by atoms with E-state index in [2.05, 4.69) is 20.6 Å². The van der Waals surface area contributed by atoms with Crippen LogP contribution >= 0.6 is 22.9 Å². The van der Waals surface area contributed by atoms with Crippen LogP contribution in [0.1, 0.15) is 28.7 Å². The van der Waals surface area contributed by atoms with Gasteiger partial charge in [0.05, 0.1) is 11.4 Å². The number of halogens is 4. The molecule has 0 bridgehead atoms. The lowest BCUT2D eigenvalue weighted by molar-refractivity contribution is -0.141. The van der Waals surface area contributed by atoms with Crippen LogP contribution in [0.4, 0.5) is 13.2 Å². The average molecular weight is 490 g/mol. The number of carbonyl (C=O) groups is 1. The smallest absolute Gasteiger partial charge is 0.266 e. The summed E-state index contributed by atoms with van der Waals surface area (Å²) < 4.78 is 41.0. The number of aromatic nitrogens is 3. The molecule has 0 atom stereocenters. The Morgan fingerprint density at radius 2 is 1.82 bits per heavy atom. The molecule has 6 nitrogen and oxygen atoms in total. The summed E-state index contributed by atoms with van der Waals surface area (Å²) in [5, 5.41) is 9.87. The van der Waals surface area contributed by atoms with E-state index in [1.807, 2.05) is 0 Å². The first-order valence-corrected chi connectivity index (χ1v) is 10.8. The molecule has 2 heterocycles. The molecule has 0 spiro atoms. The van der Waals surface area contributed by atoms with Gasteiger partial charge >= 0.3 is 6.18 Å². The van der Waals surface area contributed by atoms with Crippen molar-refractivity contribution in [2.45, 2.75) is 13.1 Å². The number of rotatable bonds is 5. The molecule has 4 aromatic rings. The fourth-order valence-electron chi connectivity index (χ4n) is 2.89. The maximum absolute atomic E-state index is 13.3. The zero-order chi connectivity index (χ0) is 23.6. The summed E-state index contributed by atoms with van der Waals surface area (Å²) in [4.78, 5) is 16.7. The van der Waals surface area contributed by atoms with Crippen molar-refractivity contribution in [2.24, 2.45) is 5.10 Å². The Hall–Kier alpha value is -3.50. The second-order valence-electron chi connectivity index (χ2n) is 6.85. The predicted octanol–water partition coefficient (Wildman–Crippen LogP) is 5.82. The van der Waals surface area contributed by atoms with E-state index in [9.17, 15) is 18.0 Å². The lowest BCUT2D eigenvalue weighted by Crippen LogP contribution is -2.20. The maximum Gasteiger partial charge on any atom is 0.435 e. The summed E-state index contributed by atoms with van der Waals surface area (Å²) in [6.45, 7) is 1.71. The van der Waals surface area contributed by atoms with Gasteiger partial charge in [0, 0.05) is 16.0 Å². The first-order chi connectivity index (χ1) is 15.7. The van der Waals surface area contributed by atoms with Crippen molar-refractivity contribution in [1.29, 1.82) is 0 Å². The molecule has 1 amide bonds. The SMILES string of the molecule is C/C(=N/NC(=O)c1csc(-n2nc(C(F)(F)F)cc2-c2ccccc2)n1)c1ccc(Cl)cc1. The molecule has 4 rings (SSSR count). The van der Waals surface area contributed by atoms with Crippen molar-refractivity contribution < 1.29 is 18.0 Å². The summed E-state index contributed by atoms with van der Waals surface area (Å²) in [5.41, 5.74) is 3.41. The molecule has 0 aliphatic rings. The minimum absolute atomic E-state index is 0.00530. The van der Waals surface area contributed by atoms with Crippen LogP contribution in [0.15, 0.2) is 71.1 Å². The van der Waals surface area contributed by atoms with Gasteiger partial charge in [-0.2, -0.15) is 23.4 Å². The first-order valence-electron chi connectivity index (χ1n) is 9.51. The number of nitrogens with zero attached hydrogens (tertiary/aromatic N) is 4. The number of hydrogen-bond donors (Lipinski definition) is 1. The number of thiazole rings is 1. The highest BCUT2D eigenvalue weighted by molar-refractivity contribution is 7.12. The van der Waals surface area contributed by atoms with Crippen LogP contribution in [-0.2, 0) is 6.18 Å². The summed E-state index contributed by atoms with van der Waals surface area (Å²) >= 11 is 6.86. The molecule has 0 aliphatic carbocycles. The molecule has 0 saturated heterocycles. The zero-order valence-electron chi connectivity index (χ0n) is 17.0. The fourth-order valence-corrected chi connectivity index (χ4v) is 3.79. The van der Waals surface area contributed by atoms with Gasteiger partial charge in [0.2, 0.25) is 5.13 Å². The number of nitrogens with one attached hydrogen (secondary N) is 1. The van der Waals surface area contributed by atoms with Crippen LogP contribution in [0.25, 0.3) is 16.4 Å². The van der Waals surface area contributed by atoms with Crippen molar-refractivity contribution in [3.8, 4) is 16.4 Å². The number of amides is 1. The van der Waals surface area contributed by atoms with Gasteiger partial charge in [0.25, 0.3) is 5.91 Å². The molecule has 0 fully saturated rings. The van der Waals surface area contributed by atoms with Crippen LogP contribution < -0.4 is 5.43 Å². The van der Waals surface area contributed by atoms with Crippen LogP contribution in [0, 0.1) is 0 Å². The summed E-state index contributed by atoms with van der Waals surface area (Å²) in [6.07, 6.45) is -4.62. The number of hydrazone groups is 1. The van der Waals surface area contributed by atoms with E-state index >= 15 is 0 Å². The van der Waals surface area contributed by atoms with Crippen molar-refractivity contribution in [3.63, 3.8) is 0 Å². The van der Waals surface area contributed by atoms with Gasteiger partial charge in [-0.25, -0.2) is 15.1 Å². The molecule has 33 heavy (non-hydrogen) atoms. The normalized spacial score (nSPS) is 12.1. The highest BCUT2D eigenvalue weighted by Crippen LogP contribution is 2.33. The van der Waals surface area contributed by atoms with E-state index in [0.717, 1.165) is 27.6 Å². The fraction of sp³-hybridized carbons (Fsp3) is 0.0909. The Kier molecular flexibility index (Phi) is 6.30. The third kappa shape index (κ3) is 5.12. The minimum Gasteiger partial charge on any atom is -0.266 e. The molecule has 0 unspecified atom stereocenters. The second-order valence-corrected chi connectivity index (χ2v) is 8.12. The number of alkyl halides is 3. The zero-order valence-corrected chi connectivity index (χ0v) is 18.5. The van der Waals surface area contributed by atoms with Crippen LogP contribution in [0.3, 0.4) is 0 Å². The molecule has 1 N–H and O–H groups in total. The molecule has 2 aromatic carbocycles. The lowest BCUT2D eigenvalue weighted by atomic mass is 10.1. The third-order valence-corrected chi connectivity index (χ3v) is 5.63. The van der Waals surface area contributed by atoms with Gasteiger partial charge in [-0.05, 0) is 30.7 Å². The molecule has 2 aromatic heterocycles. The molecule has 0 saturated carbocycles. The van der Waals surface area contributed by atoms with Crippen molar-refractivity contribution in [1.82, 2.24) is 20.2 Å². The minimum atomic E-state index is -4.62. The predicted molar refractivity (Wildman–Crippen MR) is 121 cm³/mol. The Bertz CT molecular complexity index is 1310. The Morgan fingerprint density at radius 3 is 2.48 bits per heavy atom. The summed E-state index contributed by atoms with van der Waals surface area (Å²) in [5.74, 6) is -0.602. The van der Waals surface area contributed by atoms with E-state index in [0.29, 0.717) is 16.3 Å². The molecular weight excluding hydrogens is 475 g/mol. The molecule has 0 aliphatic heterocycles. The summed E-state index contributed by atoms with van der Waals surface area (Å²) in [6, 6.07) is 16.4. The van der Waals surface area contributed by atoms with Crippen LogP contribution in [-0.4, -0.2) is 26.4 Å². The Morgan fingerprint density at radius 1 is 1.12 bits per heavy atom. The number of carbonyl (C=O) groups excluding carboxylic acids is 1. The van der Waals surface area contributed by atoms with Gasteiger partial charge in [0.1, 0.15) is 5.69 Å². The standard InChI is InChI=1S/C22H15ClF3N5OS/c1-13(14-7-9-16(23)10-8-14)28-29-20(32)17-12-33-21(27-17)31-18(15-5-3-2-4-6-15)11-19(30-31)22(24,25)26/h2-12H,1H3,(H,29,32)/b28-13-. The van der Waals surface area contributed by atoms with Gasteiger partial charge in [-0.15, -0.1) is 11.3 Å². The van der Waals surface area contributed by atoms with Gasteiger partial charge in [-0.1, -0.05) is 54.1 Å². The second kappa shape index (κ2) is 9.16. The van der Waals surface area contributed by atoms with Crippen molar-refractivity contribution >= 4 is 34.6 Å². The van der Waals surface area contributed by atoms with Crippen molar-refractivity contribution in [3.05, 3.63) is 88.0 Å². The third-order valence-electron chi connectivity index (χ3n) is 4.56. The Balaban J connectivity index is 1.60. The molecular formula is C22H15ClF3N5OS. The van der Waals surface area contributed by atoms with Gasteiger partial charge in [0.15, 0.2) is 5.69 Å². The van der Waals surface area contributed by atoms with E-state index in [-0.39, 0.29) is 16.5 Å². The van der Waals surface area contributed by atoms with Crippen LogP contribution in [0.2, 0.25) is 5.02 Å². The van der Waals surface area contributed by atoms with E-state index in [1.165, 1.54) is 5.38 Å². The highest BCUT2D eigenvalue weighted by Gasteiger charge is 2.35. The topological polar surface area (TPSA) is 72.2 Å². The molecule has 168 valence electrons. The molecule has 0 radical (unpaired) electrons. The first kappa shape index (κ1) is 22.7. The summed E-state index contributed by atoms with van der Waals surface area (Å²) in [7, 11) is 0. The highest BCUT2D eigenvalue weighted by atomic mass is 35.5. The van der Waals surface area contributed by atoms with Gasteiger partial charge < -0.3 is 0 Å².